The second-order valence-corrected chi connectivity index (χ2v) is 6.64. The Hall–Kier alpha value is -2.16. The molecule has 1 unspecified atom stereocenters. The minimum Gasteiger partial charge on any atom is -0.496 e. The molecule has 0 amide bonds. The molecule has 0 aromatic heterocycles. The summed E-state index contributed by atoms with van der Waals surface area (Å²) in [5.41, 5.74) is 3.52. The van der Waals surface area contributed by atoms with Gasteiger partial charge in [-0.15, -0.1) is 24.0 Å². The summed E-state index contributed by atoms with van der Waals surface area (Å²) in [7, 11) is 6.63. The highest BCUT2D eigenvalue weighted by molar-refractivity contribution is 14.0. The van der Waals surface area contributed by atoms with Crippen LogP contribution in [0.15, 0.2) is 41.4 Å². The van der Waals surface area contributed by atoms with Crippen LogP contribution in [0.3, 0.4) is 0 Å². The first kappa shape index (κ1) is 24.9. The molecule has 29 heavy (non-hydrogen) atoms. The standard InChI is InChI=1S/C22H31N3O3.HI/c1-15-7-9-17(10-8-15)16(2)13-24-22(23-3)25-14-18-11-20(27-5)21(28-6)12-19(18)26-4;/h7-12,16H,13-14H2,1-6H3,(H2,23,24,25);1H. The summed E-state index contributed by atoms with van der Waals surface area (Å²) in [5, 5.41) is 6.71. The maximum absolute atomic E-state index is 5.48. The second kappa shape index (κ2) is 12.4. The van der Waals surface area contributed by atoms with Crippen molar-refractivity contribution < 1.29 is 14.2 Å². The molecule has 0 aliphatic heterocycles. The van der Waals surface area contributed by atoms with Crippen molar-refractivity contribution in [2.75, 3.05) is 34.9 Å². The Labute approximate surface area is 191 Å². The van der Waals surface area contributed by atoms with Crippen LogP contribution in [0.25, 0.3) is 0 Å². The Balaban J connectivity index is 0.00000420. The molecule has 0 aliphatic carbocycles. The maximum Gasteiger partial charge on any atom is 0.191 e. The smallest absolute Gasteiger partial charge is 0.191 e. The third kappa shape index (κ3) is 6.99. The monoisotopic (exact) mass is 513 g/mol. The van der Waals surface area contributed by atoms with Gasteiger partial charge in [-0.25, -0.2) is 0 Å². The summed E-state index contributed by atoms with van der Waals surface area (Å²) >= 11 is 0. The van der Waals surface area contributed by atoms with Crippen LogP contribution in [0, 0.1) is 6.92 Å². The zero-order valence-corrected chi connectivity index (χ0v) is 20.4. The normalized spacial score (nSPS) is 11.9. The average molecular weight is 513 g/mol. The predicted octanol–water partition coefficient (Wildman–Crippen LogP) is 4.11. The third-order valence-electron chi connectivity index (χ3n) is 4.68. The molecule has 0 radical (unpaired) electrons. The van der Waals surface area contributed by atoms with Crippen molar-refractivity contribution in [2.45, 2.75) is 26.3 Å². The zero-order valence-electron chi connectivity index (χ0n) is 18.0. The van der Waals surface area contributed by atoms with Crippen molar-refractivity contribution in [3.63, 3.8) is 0 Å². The number of nitrogens with zero attached hydrogens (tertiary/aromatic N) is 1. The highest BCUT2D eigenvalue weighted by Crippen LogP contribution is 2.34. The fourth-order valence-electron chi connectivity index (χ4n) is 2.89. The number of halogens is 1. The van der Waals surface area contributed by atoms with Crippen molar-refractivity contribution in [1.29, 1.82) is 0 Å². The Morgan fingerprint density at radius 1 is 0.931 bits per heavy atom. The fraction of sp³-hybridized carbons (Fsp3) is 0.409. The van der Waals surface area contributed by atoms with Crippen LogP contribution in [-0.2, 0) is 6.54 Å². The average Bonchev–Trinajstić information content (AvgIpc) is 2.73. The molecule has 0 spiro atoms. The topological polar surface area (TPSA) is 64.1 Å². The van der Waals surface area contributed by atoms with Crippen molar-refractivity contribution in [3.8, 4) is 17.2 Å². The van der Waals surface area contributed by atoms with E-state index in [0.717, 1.165) is 23.8 Å². The van der Waals surface area contributed by atoms with E-state index >= 15 is 0 Å². The Bertz CT molecular complexity index is 795. The molecule has 0 saturated heterocycles. The minimum absolute atomic E-state index is 0. The number of nitrogens with one attached hydrogen (secondary N) is 2. The Morgan fingerprint density at radius 2 is 1.52 bits per heavy atom. The van der Waals surface area contributed by atoms with E-state index in [4.69, 9.17) is 14.2 Å². The van der Waals surface area contributed by atoms with Crippen LogP contribution in [0.4, 0.5) is 0 Å². The van der Waals surface area contributed by atoms with Crippen LogP contribution >= 0.6 is 24.0 Å². The molecule has 2 aromatic rings. The third-order valence-corrected chi connectivity index (χ3v) is 4.68. The van der Waals surface area contributed by atoms with Crippen LogP contribution in [0.1, 0.15) is 29.5 Å². The number of aryl methyl sites for hydroxylation is 1. The highest BCUT2D eigenvalue weighted by atomic mass is 127. The summed E-state index contributed by atoms with van der Waals surface area (Å²) in [6.07, 6.45) is 0. The number of guanidine groups is 1. The molecule has 0 aliphatic rings. The van der Waals surface area contributed by atoms with Crippen molar-refractivity contribution >= 4 is 29.9 Å². The predicted molar refractivity (Wildman–Crippen MR) is 129 cm³/mol. The van der Waals surface area contributed by atoms with Crippen LogP contribution < -0.4 is 24.8 Å². The molecule has 2 rings (SSSR count). The number of ether oxygens (including phenoxy) is 3. The molecule has 2 aromatic carbocycles. The number of rotatable bonds is 8. The van der Waals surface area contributed by atoms with Gasteiger partial charge >= 0.3 is 0 Å². The van der Waals surface area contributed by atoms with Gasteiger partial charge in [0.2, 0.25) is 0 Å². The molecule has 0 bridgehead atoms. The lowest BCUT2D eigenvalue weighted by atomic mass is 10.0. The highest BCUT2D eigenvalue weighted by Gasteiger charge is 2.13. The molecule has 6 nitrogen and oxygen atoms in total. The lowest BCUT2D eigenvalue weighted by Gasteiger charge is -2.18. The lowest BCUT2D eigenvalue weighted by molar-refractivity contribution is 0.347. The van der Waals surface area contributed by atoms with E-state index in [1.807, 2.05) is 12.1 Å². The van der Waals surface area contributed by atoms with Crippen molar-refractivity contribution in [2.24, 2.45) is 4.99 Å². The summed E-state index contributed by atoms with van der Waals surface area (Å²) in [6, 6.07) is 12.4. The van der Waals surface area contributed by atoms with E-state index in [1.54, 1.807) is 28.4 Å². The number of methoxy groups -OCH3 is 3. The largest absolute Gasteiger partial charge is 0.496 e. The van der Waals surface area contributed by atoms with Crippen LogP contribution in [0.5, 0.6) is 17.2 Å². The van der Waals surface area contributed by atoms with Crippen molar-refractivity contribution in [1.82, 2.24) is 10.6 Å². The first-order valence-electron chi connectivity index (χ1n) is 9.32. The molecular formula is C22H32IN3O3. The van der Waals surface area contributed by atoms with E-state index < -0.39 is 0 Å². The van der Waals surface area contributed by atoms with Crippen LogP contribution in [-0.4, -0.2) is 40.9 Å². The van der Waals surface area contributed by atoms with Gasteiger partial charge in [0, 0.05) is 31.8 Å². The Kier molecular flexibility index (Phi) is 10.6. The van der Waals surface area contributed by atoms with E-state index in [9.17, 15) is 0 Å². The number of aliphatic imine (C=N–C) groups is 1. The summed E-state index contributed by atoms with van der Waals surface area (Å²) in [4.78, 5) is 4.31. The molecule has 0 heterocycles. The van der Waals surface area contributed by atoms with Gasteiger partial charge in [-0.3, -0.25) is 4.99 Å². The molecule has 1 atom stereocenters. The first-order valence-corrected chi connectivity index (χ1v) is 9.32. The number of hydrogen-bond donors (Lipinski definition) is 2. The second-order valence-electron chi connectivity index (χ2n) is 6.64. The quantitative estimate of drug-likeness (QED) is 0.316. The van der Waals surface area contributed by atoms with Gasteiger partial charge in [0.05, 0.1) is 21.3 Å². The maximum atomic E-state index is 5.48. The number of benzene rings is 2. The van der Waals surface area contributed by atoms with Gasteiger partial charge in [0.15, 0.2) is 17.5 Å². The lowest BCUT2D eigenvalue weighted by Crippen LogP contribution is -2.38. The molecule has 0 fully saturated rings. The van der Waals surface area contributed by atoms with E-state index in [0.29, 0.717) is 24.0 Å². The van der Waals surface area contributed by atoms with Gasteiger partial charge < -0.3 is 24.8 Å². The van der Waals surface area contributed by atoms with Gasteiger partial charge in [-0.1, -0.05) is 36.8 Å². The van der Waals surface area contributed by atoms with Gasteiger partial charge in [0.1, 0.15) is 5.75 Å². The summed E-state index contributed by atoms with van der Waals surface area (Å²) < 4.78 is 16.2. The SMILES string of the molecule is CN=C(NCc1cc(OC)c(OC)cc1OC)NCC(C)c1ccc(C)cc1.I. The van der Waals surface area contributed by atoms with Crippen molar-refractivity contribution in [3.05, 3.63) is 53.1 Å². The summed E-state index contributed by atoms with van der Waals surface area (Å²) in [6.45, 7) is 5.62. The molecule has 0 saturated carbocycles. The van der Waals surface area contributed by atoms with E-state index in [2.05, 4.69) is 53.7 Å². The fourth-order valence-corrected chi connectivity index (χ4v) is 2.89. The van der Waals surface area contributed by atoms with Gasteiger partial charge in [0.25, 0.3) is 0 Å². The molecular weight excluding hydrogens is 481 g/mol. The van der Waals surface area contributed by atoms with Gasteiger partial charge in [-0.2, -0.15) is 0 Å². The van der Waals surface area contributed by atoms with E-state index in [1.165, 1.54) is 11.1 Å². The molecule has 7 heteroatoms. The zero-order chi connectivity index (χ0) is 20.5. The van der Waals surface area contributed by atoms with E-state index in [-0.39, 0.29) is 24.0 Å². The molecule has 2 N–H and O–H groups in total. The van der Waals surface area contributed by atoms with Gasteiger partial charge in [-0.05, 0) is 24.5 Å². The number of hydrogen-bond acceptors (Lipinski definition) is 4. The van der Waals surface area contributed by atoms with Crippen LogP contribution in [0.2, 0.25) is 0 Å². The molecule has 160 valence electrons. The summed E-state index contributed by atoms with van der Waals surface area (Å²) in [5.74, 6) is 3.13. The minimum atomic E-state index is 0. The first-order chi connectivity index (χ1) is 13.5. The Morgan fingerprint density at radius 3 is 2.07 bits per heavy atom.